The van der Waals surface area contributed by atoms with Crippen LogP contribution in [-0.2, 0) is 4.79 Å². The highest BCUT2D eigenvalue weighted by Crippen LogP contribution is 2.15. The fourth-order valence-corrected chi connectivity index (χ4v) is 2.23. The van der Waals surface area contributed by atoms with Gasteiger partial charge in [-0.3, -0.25) is 4.79 Å². The van der Waals surface area contributed by atoms with Crippen LogP contribution in [0, 0.1) is 6.92 Å². The molecule has 0 radical (unpaired) electrons. The largest absolute Gasteiger partial charge is 0.323 e. The molecule has 1 aromatic heterocycles. The Morgan fingerprint density at radius 2 is 1.86 bits per heavy atom. The number of carbonyl (C=O) groups excluding carboxylic acids is 1. The molecule has 3 rings (SSSR count). The first-order valence-electron chi connectivity index (χ1n) is 6.88. The molecule has 22 heavy (non-hydrogen) atoms. The van der Waals surface area contributed by atoms with E-state index < -0.39 is 0 Å². The van der Waals surface area contributed by atoms with Gasteiger partial charge >= 0.3 is 5.69 Å². The fourth-order valence-electron chi connectivity index (χ4n) is 2.23. The van der Waals surface area contributed by atoms with Gasteiger partial charge in [0.25, 0.3) is 0 Å². The number of aromatic nitrogens is 2. The minimum Gasteiger partial charge on any atom is -0.322 e. The van der Waals surface area contributed by atoms with Crippen LogP contribution >= 0.6 is 0 Å². The molecule has 0 saturated heterocycles. The molecule has 0 aliphatic heterocycles. The summed E-state index contributed by atoms with van der Waals surface area (Å²) in [4.78, 5) is 28.5. The van der Waals surface area contributed by atoms with E-state index in [0.29, 0.717) is 16.7 Å². The highest BCUT2D eigenvalue weighted by atomic mass is 16.1. The second-order valence-electron chi connectivity index (χ2n) is 5.02. The number of fused-ring (bicyclic) bond motifs is 1. The van der Waals surface area contributed by atoms with Crippen molar-refractivity contribution < 1.29 is 4.79 Å². The molecule has 3 aromatic rings. The summed E-state index contributed by atoms with van der Waals surface area (Å²) >= 11 is 0. The Hall–Kier alpha value is -3.08. The minimum absolute atomic E-state index is 0.222. The van der Waals surface area contributed by atoms with Crippen LogP contribution in [0.5, 0.6) is 0 Å². The number of imidazole rings is 1. The van der Waals surface area contributed by atoms with Crippen LogP contribution in [0.1, 0.15) is 11.1 Å². The van der Waals surface area contributed by atoms with Gasteiger partial charge in [0.15, 0.2) is 0 Å². The highest BCUT2D eigenvalue weighted by molar-refractivity contribution is 6.02. The van der Waals surface area contributed by atoms with Crippen LogP contribution in [-0.4, -0.2) is 15.9 Å². The second-order valence-corrected chi connectivity index (χ2v) is 5.02. The lowest BCUT2D eigenvalue weighted by Gasteiger charge is -2.02. The molecule has 110 valence electrons. The lowest BCUT2D eigenvalue weighted by Crippen LogP contribution is -2.07. The first-order valence-corrected chi connectivity index (χ1v) is 6.88. The van der Waals surface area contributed by atoms with Gasteiger partial charge in [0.2, 0.25) is 5.91 Å². The van der Waals surface area contributed by atoms with Crippen molar-refractivity contribution in [2.45, 2.75) is 6.92 Å². The SMILES string of the molecule is Cc1ccccc1/C=C/C(=O)Nc1ccc2[nH]c(=O)[nH]c2c1. The van der Waals surface area contributed by atoms with Crippen LogP contribution in [0.25, 0.3) is 17.1 Å². The summed E-state index contributed by atoms with van der Waals surface area (Å²) in [6.45, 7) is 1.99. The number of aryl methyl sites for hydroxylation is 1. The van der Waals surface area contributed by atoms with Crippen molar-refractivity contribution in [2.75, 3.05) is 5.32 Å². The number of benzene rings is 2. The van der Waals surface area contributed by atoms with Crippen molar-refractivity contribution in [3.05, 3.63) is 70.2 Å². The van der Waals surface area contributed by atoms with Crippen LogP contribution in [0.15, 0.2) is 53.3 Å². The molecule has 5 nitrogen and oxygen atoms in total. The number of amides is 1. The molecule has 0 bridgehead atoms. The Morgan fingerprint density at radius 3 is 2.68 bits per heavy atom. The van der Waals surface area contributed by atoms with E-state index in [1.165, 1.54) is 6.08 Å². The third-order valence-corrected chi connectivity index (χ3v) is 3.39. The van der Waals surface area contributed by atoms with Crippen LogP contribution < -0.4 is 11.0 Å². The van der Waals surface area contributed by atoms with Crippen LogP contribution in [0.3, 0.4) is 0 Å². The zero-order valence-corrected chi connectivity index (χ0v) is 12.0. The maximum atomic E-state index is 12.0. The number of aromatic amines is 2. The molecule has 2 aromatic carbocycles. The zero-order chi connectivity index (χ0) is 15.5. The summed E-state index contributed by atoms with van der Waals surface area (Å²) in [6, 6.07) is 13.0. The molecule has 1 amide bonds. The first kappa shape index (κ1) is 13.9. The van der Waals surface area contributed by atoms with Crippen molar-refractivity contribution in [1.82, 2.24) is 9.97 Å². The molecular weight excluding hydrogens is 278 g/mol. The van der Waals surface area contributed by atoms with E-state index in [1.807, 2.05) is 31.2 Å². The molecule has 3 N–H and O–H groups in total. The summed E-state index contributed by atoms with van der Waals surface area (Å²) in [5.41, 5.74) is 3.84. The van der Waals surface area contributed by atoms with Gasteiger partial charge in [-0.05, 0) is 42.3 Å². The van der Waals surface area contributed by atoms with Crippen molar-refractivity contribution in [3.63, 3.8) is 0 Å². The van der Waals surface area contributed by atoms with Crippen LogP contribution in [0.4, 0.5) is 5.69 Å². The van der Waals surface area contributed by atoms with Gasteiger partial charge in [0.05, 0.1) is 11.0 Å². The molecule has 5 heteroatoms. The molecule has 0 unspecified atom stereocenters. The molecule has 0 aliphatic rings. The summed E-state index contributed by atoms with van der Waals surface area (Å²) < 4.78 is 0. The quantitative estimate of drug-likeness (QED) is 0.649. The van der Waals surface area contributed by atoms with E-state index in [9.17, 15) is 9.59 Å². The summed E-state index contributed by atoms with van der Waals surface area (Å²) in [5.74, 6) is -0.222. The summed E-state index contributed by atoms with van der Waals surface area (Å²) in [5, 5.41) is 2.77. The Morgan fingerprint density at radius 1 is 1.09 bits per heavy atom. The third kappa shape index (κ3) is 2.98. The van der Waals surface area contributed by atoms with Crippen molar-refractivity contribution in [2.24, 2.45) is 0 Å². The van der Waals surface area contributed by atoms with Gasteiger partial charge in [0.1, 0.15) is 0 Å². The van der Waals surface area contributed by atoms with Crippen LogP contribution in [0.2, 0.25) is 0 Å². The van der Waals surface area contributed by atoms with Gasteiger partial charge < -0.3 is 15.3 Å². The molecule has 1 heterocycles. The van der Waals surface area contributed by atoms with Crippen molar-refractivity contribution >= 4 is 28.7 Å². The molecule has 0 fully saturated rings. The lowest BCUT2D eigenvalue weighted by molar-refractivity contribution is -0.111. The average Bonchev–Trinajstić information content (AvgIpc) is 2.86. The Labute approximate surface area is 126 Å². The average molecular weight is 293 g/mol. The number of hydrogen-bond donors (Lipinski definition) is 3. The highest BCUT2D eigenvalue weighted by Gasteiger charge is 2.02. The van der Waals surface area contributed by atoms with Gasteiger partial charge in [-0.15, -0.1) is 0 Å². The zero-order valence-electron chi connectivity index (χ0n) is 12.0. The van der Waals surface area contributed by atoms with Crippen molar-refractivity contribution in [3.8, 4) is 0 Å². The fraction of sp³-hybridized carbons (Fsp3) is 0.0588. The summed E-state index contributed by atoms with van der Waals surface area (Å²) in [6.07, 6.45) is 3.27. The lowest BCUT2D eigenvalue weighted by atomic mass is 10.1. The number of anilines is 1. The maximum absolute atomic E-state index is 12.0. The molecule has 0 saturated carbocycles. The summed E-state index contributed by atoms with van der Waals surface area (Å²) in [7, 11) is 0. The third-order valence-electron chi connectivity index (χ3n) is 3.39. The number of H-pyrrole nitrogens is 2. The predicted octanol–water partition coefficient (Wildman–Crippen LogP) is 2.82. The number of rotatable bonds is 3. The number of hydrogen-bond acceptors (Lipinski definition) is 2. The molecule has 0 atom stereocenters. The normalized spacial score (nSPS) is 11.1. The van der Waals surface area contributed by atoms with E-state index in [1.54, 1.807) is 24.3 Å². The predicted molar refractivity (Wildman–Crippen MR) is 87.8 cm³/mol. The van der Waals surface area contributed by atoms with Crippen molar-refractivity contribution in [1.29, 1.82) is 0 Å². The van der Waals surface area contributed by atoms with Gasteiger partial charge in [-0.2, -0.15) is 0 Å². The Kier molecular flexibility index (Phi) is 3.62. The second kappa shape index (κ2) is 5.73. The van der Waals surface area contributed by atoms with E-state index in [0.717, 1.165) is 11.1 Å². The minimum atomic E-state index is -0.266. The number of nitrogens with one attached hydrogen (secondary N) is 3. The molecular formula is C17H15N3O2. The van der Waals surface area contributed by atoms with E-state index in [2.05, 4.69) is 15.3 Å². The smallest absolute Gasteiger partial charge is 0.322 e. The standard InChI is InChI=1S/C17H15N3O2/c1-11-4-2-3-5-12(11)6-9-16(21)18-13-7-8-14-15(10-13)20-17(22)19-14/h2-10H,1H3,(H,18,21)(H2,19,20,22)/b9-6+. The first-order chi connectivity index (χ1) is 10.6. The maximum Gasteiger partial charge on any atom is 0.323 e. The Bertz CT molecular complexity index is 919. The van der Waals surface area contributed by atoms with E-state index >= 15 is 0 Å². The van der Waals surface area contributed by atoms with Gasteiger partial charge in [0, 0.05) is 11.8 Å². The topological polar surface area (TPSA) is 77.8 Å². The Balaban J connectivity index is 1.75. The monoisotopic (exact) mass is 293 g/mol. The van der Waals surface area contributed by atoms with Gasteiger partial charge in [-0.25, -0.2) is 4.79 Å². The molecule has 0 spiro atoms. The van der Waals surface area contributed by atoms with Gasteiger partial charge in [-0.1, -0.05) is 24.3 Å². The van der Waals surface area contributed by atoms with E-state index in [4.69, 9.17) is 0 Å². The number of carbonyl (C=O) groups is 1. The molecule has 0 aliphatic carbocycles. The van der Waals surface area contributed by atoms with E-state index in [-0.39, 0.29) is 11.6 Å².